The number of amides is 1. The van der Waals surface area contributed by atoms with E-state index >= 15 is 0 Å². The predicted molar refractivity (Wildman–Crippen MR) is 74.4 cm³/mol. The van der Waals surface area contributed by atoms with Gasteiger partial charge in [0, 0.05) is 0 Å². The first-order chi connectivity index (χ1) is 9.58. The van der Waals surface area contributed by atoms with Crippen LogP contribution >= 0.6 is 0 Å². The minimum atomic E-state index is -3.76. The standard InChI is InChI=1S/C14H12N2O3S/c17-14-10-11-6-4-5-9-13(11)16(14)15-20(18,19)12-7-2-1-3-8-12/h1-9,15H,10H2. The number of rotatable bonds is 3. The largest absolute Gasteiger partial charge is 0.273 e. The van der Waals surface area contributed by atoms with Crippen molar-refractivity contribution in [1.29, 1.82) is 0 Å². The van der Waals surface area contributed by atoms with Crippen LogP contribution in [0.15, 0.2) is 59.5 Å². The average molecular weight is 288 g/mol. The van der Waals surface area contributed by atoms with Gasteiger partial charge >= 0.3 is 0 Å². The molecule has 0 saturated heterocycles. The third-order valence-electron chi connectivity index (χ3n) is 3.09. The highest BCUT2D eigenvalue weighted by atomic mass is 32.2. The van der Waals surface area contributed by atoms with Crippen molar-refractivity contribution < 1.29 is 13.2 Å². The summed E-state index contributed by atoms with van der Waals surface area (Å²) in [7, 11) is -3.76. The Hall–Kier alpha value is -2.18. The Morgan fingerprint density at radius 3 is 2.35 bits per heavy atom. The van der Waals surface area contributed by atoms with E-state index in [0.717, 1.165) is 10.6 Å². The summed E-state index contributed by atoms with van der Waals surface area (Å²) in [6.45, 7) is 0. The number of para-hydroxylation sites is 1. The second kappa shape index (κ2) is 4.73. The molecular weight excluding hydrogens is 276 g/mol. The van der Waals surface area contributed by atoms with E-state index in [1.807, 2.05) is 12.1 Å². The lowest BCUT2D eigenvalue weighted by Gasteiger charge is -2.18. The number of nitrogens with one attached hydrogen (secondary N) is 1. The molecule has 0 radical (unpaired) electrons. The fourth-order valence-electron chi connectivity index (χ4n) is 2.13. The molecule has 1 amide bonds. The minimum absolute atomic E-state index is 0.122. The smallest absolute Gasteiger partial charge is 0.257 e. The first kappa shape index (κ1) is 12.8. The van der Waals surface area contributed by atoms with Gasteiger partial charge in [0.2, 0.25) is 5.91 Å². The first-order valence-corrected chi connectivity index (χ1v) is 7.54. The van der Waals surface area contributed by atoms with E-state index in [1.165, 1.54) is 12.1 Å². The number of sulfonamides is 1. The summed E-state index contributed by atoms with van der Waals surface area (Å²) < 4.78 is 24.5. The Bertz CT molecular complexity index is 757. The third kappa shape index (κ3) is 2.19. The molecule has 102 valence electrons. The van der Waals surface area contributed by atoms with Gasteiger partial charge in [-0.2, -0.15) is 0 Å². The zero-order chi connectivity index (χ0) is 14.2. The van der Waals surface area contributed by atoms with E-state index in [-0.39, 0.29) is 17.2 Å². The number of fused-ring (bicyclic) bond motifs is 1. The van der Waals surface area contributed by atoms with Crippen LogP contribution in [0.3, 0.4) is 0 Å². The van der Waals surface area contributed by atoms with Gasteiger partial charge in [0.15, 0.2) is 0 Å². The summed E-state index contributed by atoms with van der Waals surface area (Å²) in [6, 6.07) is 15.1. The molecule has 0 aromatic heterocycles. The van der Waals surface area contributed by atoms with Crippen molar-refractivity contribution in [2.24, 2.45) is 0 Å². The predicted octanol–water partition coefficient (Wildman–Crippen LogP) is 1.47. The van der Waals surface area contributed by atoms with Gasteiger partial charge in [0.05, 0.1) is 17.0 Å². The fourth-order valence-corrected chi connectivity index (χ4v) is 3.19. The van der Waals surface area contributed by atoms with Crippen LogP contribution in [0.1, 0.15) is 5.56 Å². The lowest BCUT2D eigenvalue weighted by molar-refractivity contribution is -0.117. The zero-order valence-corrected chi connectivity index (χ0v) is 11.3. The highest BCUT2D eigenvalue weighted by Gasteiger charge is 2.30. The molecule has 0 atom stereocenters. The van der Waals surface area contributed by atoms with Crippen molar-refractivity contribution in [3.05, 3.63) is 60.2 Å². The number of anilines is 1. The van der Waals surface area contributed by atoms with Crippen LogP contribution in [0.25, 0.3) is 0 Å². The van der Waals surface area contributed by atoms with Gasteiger partial charge in [-0.05, 0) is 23.8 Å². The lowest BCUT2D eigenvalue weighted by Crippen LogP contribution is -2.44. The zero-order valence-electron chi connectivity index (χ0n) is 10.5. The molecule has 1 aliphatic rings. The molecule has 5 nitrogen and oxygen atoms in total. The molecule has 0 fully saturated rings. The highest BCUT2D eigenvalue weighted by molar-refractivity contribution is 7.89. The SMILES string of the molecule is O=C1Cc2ccccc2N1NS(=O)(=O)c1ccccc1. The number of nitrogens with zero attached hydrogens (tertiary/aromatic N) is 1. The molecule has 2 aromatic rings. The van der Waals surface area contributed by atoms with Gasteiger partial charge in [0.25, 0.3) is 10.0 Å². The van der Waals surface area contributed by atoms with Crippen LogP contribution in [-0.4, -0.2) is 14.3 Å². The minimum Gasteiger partial charge on any atom is -0.273 e. The highest BCUT2D eigenvalue weighted by Crippen LogP contribution is 2.27. The average Bonchev–Trinajstić information content (AvgIpc) is 2.76. The molecule has 0 spiro atoms. The van der Waals surface area contributed by atoms with Crippen LogP contribution < -0.4 is 9.84 Å². The summed E-state index contributed by atoms with van der Waals surface area (Å²) in [6.07, 6.45) is 0.202. The van der Waals surface area contributed by atoms with Gasteiger partial charge < -0.3 is 0 Å². The topological polar surface area (TPSA) is 66.5 Å². The van der Waals surface area contributed by atoms with E-state index in [1.54, 1.807) is 30.3 Å². The molecule has 0 saturated carbocycles. The summed E-state index contributed by atoms with van der Waals surface area (Å²) in [5.74, 6) is -0.286. The third-order valence-corrected chi connectivity index (χ3v) is 4.40. The maximum atomic E-state index is 12.2. The van der Waals surface area contributed by atoms with Gasteiger partial charge in [-0.3, -0.25) is 4.79 Å². The molecule has 6 heteroatoms. The molecule has 0 unspecified atom stereocenters. The number of benzene rings is 2. The van der Waals surface area contributed by atoms with E-state index in [0.29, 0.717) is 5.69 Å². The number of carbonyl (C=O) groups excluding carboxylic acids is 1. The lowest BCUT2D eigenvalue weighted by atomic mass is 10.2. The molecule has 0 aliphatic carbocycles. The van der Waals surface area contributed by atoms with Gasteiger partial charge in [-0.15, -0.1) is 4.83 Å². The second-order valence-corrected chi connectivity index (χ2v) is 6.10. The van der Waals surface area contributed by atoms with Gasteiger partial charge in [-0.25, -0.2) is 13.4 Å². The summed E-state index contributed by atoms with van der Waals surface area (Å²) in [4.78, 5) is 14.4. The van der Waals surface area contributed by atoms with Crippen molar-refractivity contribution in [2.75, 3.05) is 5.01 Å². The Morgan fingerprint density at radius 2 is 1.60 bits per heavy atom. The van der Waals surface area contributed by atoms with Crippen molar-refractivity contribution in [2.45, 2.75) is 11.3 Å². The van der Waals surface area contributed by atoms with Crippen LogP contribution in [0, 0.1) is 0 Å². The van der Waals surface area contributed by atoms with Crippen molar-refractivity contribution in [3.63, 3.8) is 0 Å². The molecule has 20 heavy (non-hydrogen) atoms. The monoisotopic (exact) mass is 288 g/mol. The van der Waals surface area contributed by atoms with Crippen LogP contribution in [-0.2, 0) is 21.2 Å². The second-order valence-electron chi connectivity index (χ2n) is 4.44. The van der Waals surface area contributed by atoms with E-state index in [2.05, 4.69) is 4.83 Å². The summed E-state index contributed by atoms with van der Waals surface area (Å²) >= 11 is 0. The molecule has 0 bridgehead atoms. The fraction of sp³-hybridized carbons (Fsp3) is 0.0714. The molecule has 1 N–H and O–H groups in total. The summed E-state index contributed by atoms with van der Waals surface area (Å²) in [5.41, 5.74) is 1.39. The molecule has 3 rings (SSSR count). The molecular formula is C14H12N2O3S. The van der Waals surface area contributed by atoms with Gasteiger partial charge in [0.1, 0.15) is 0 Å². The molecule has 2 aromatic carbocycles. The van der Waals surface area contributed by atoms with Crippen LogP contribution in [0.4, 0.5) is 5.69 Å². The van der Waals surface area contributed by atoms with Crippen molar-refractivity contribution >= 4 is 21.6 Å². The number of carbonyl (C=O) groups is 1. The number of hydrogen-bond donors (Lipinski definition) is 1. The maximum Gasteiger partial charge on any atom is 0.257 e. The first-order valence-electron chi connectivity index (χ1n) is 6.06. The number of hydrogen-bond acceptors (Lipinski definition) is 3. The van der Waals surface area contributed by atoms with E-state index in [4.69, 9.17) is 0 Å². The van der Waals surface area contributed by atoms with Crippen molar-refractivity contribution in [3.8, 4) is 0 Å². The molecule has 1 heterocycles. The van der Waals surface area contributed by atoms with Crippen molar-refractivity contribution in [1.82, 2.24) is 4.83 Å². The van der Waals surface area contributed by atoms with Crippen LogP contribution in [0.2, 0.25) is 0 Å². The Labute approximate surface area is 116 Å². The summed E-state index contributed by atoms with van der Waals surface area (Å²) in [5, 5.41) is 1.09. The maximum absolute atomic E-state index is 12.2. The van der Waals surface area contributed by atoms with Gasteiger partial charge in [-0.1, -0.05) is 36.4 Å². The van der Waals surface area contributed by atoms with E-state index < -0.39 is 10.0 Å². The Kier molecular flexibility index (Phi) is 3.04. The molecule has 1 aliphatic heterocycles. The Balaban J connectivity index is 1.94. The number of hydrazine groups is 1. The normalized spacial score (nSPS) is 14.4. The van der Waals surface area contributed by atoms with E-state index in [9.17, 15) is 13.2 Å². The quantitative estimate of drug-likeness (QED) is 0.930. The Morgan fingerprint density at radius 1 is 0.950 bits per heavy atom. The van der Waals surface area contributed by atoms with Crippen LogP contribution in [0.5, 0.6) is 0 Å².